The van der Waals surface area contributed by atoms with E-state index in [0.29, 0.717) is 17.9 Å². The maximum absolute atomic E-state index is 12.4. The highest BCUT2D eigenvalue weighted by Gasteiger charge is 2.15. The number of rotatable bonds is 6. The van der Waals surface area contributed by atoms with Crippen LogP contribution in [0.25, 0.3) is 5.65 Å². The van der Waals surface area contributed by atoms with Gasteiger partial charge < -0.3 is 0 Å². The molecule has 0 saturated carbocycles. The molecular weight excluding hydrogens is 336 g/mol. The molecule has 0 atom stereocenters. The highest BCUT2D eigenvalue weighted by Crippen LogP contribution is 2.16. The largest absolute Gasteiger partial charge is 0.240 e. The van der Waals surface area contributed by atoms with E-state index in [4.69, 9.17) is 0 Å². The predicted octanol–water partition coefficient (Wildman–Crippen LogP) is 2.57. The molecule has 3 aromatic rings. The number of nitrogens with one attached hydrogen (secondary N) is 1. The predicted molar refractivity (Wildman–Crippen MR) is 97.1 cm³/mol. The summed E-state index contributed by atoms with van der Waals surface area (Å²) >= 11 is 0. The zero-order chi connectivity index (χ0) is 18.0. The van der Waals surface area contributed by atoms with E-state index in [1.165, 1.54) is 0 Å². The average molecular weight is 358 g/mol. The first-order chi connectivity index (χ1) is 11.8. The summed E-state index contributed by atoms with van der Waals surface area (Å²) in [7, 11) is -3.48. The van der Waals surface area contributed by atoms with Gasteiger partial charge in [0.05, 0.1) is 10.6 Å². The van der Waals surface area contributed by atoms with Gasteiger partial charge in [-0.2, -0.15) is 5.10 Å². The van der Waals surface area contributed by atoms with E-state index in [1.807, 2.05) is 51.4 Å². The Morgan fingerprint density at radius 2 is 1.96 bits per heavy atom. The smallest absolute Gasteiger partial charge is 0.237 e. The van der Waals surface area contributed by atoms with Gasteiger partial charge in [0.2, 0.25) is 10.0 Å². The van der Waals surface area contributed by atoms with Crippen LogP contribution in [0.3, 0.4) is 0 Å². The van der Waals surface area contributed by atoms with Gasteiger partial charge in [0.1, 0.15) is 0 Å². The van der Waals surface area contributed by atoms with Crippen LogP contribution >= 0.6 is 0 Å². The number of hydrogen-bond donors (Lipinski definition) is 1. The van der Waals surface area contributed by atoms with Crippen molar-refractivity contribution < 1.29 is 8.42 Å². The lowest BCUT2D eigenvalue weighted by atomic mass is 10.2. The first kappa shape index (κ1) is 17.6. The van der Waals surface area contributed by atoms with E-state index in [1.54, 1.807) is 10.6 Å². The standard InChI is InChI=1S/C18H22N4O2S/c1-13-6-7-17(14(2)9-13)25(23,24)20-8-4-5-16-11-19-18-10-15(3)21-22(18)12-16/h6-7,9-12,20H,4-5,8H2,1-3H3. The van der Waals surface area contributed by atoms with Gasteiger partial charge in [-0.25, -0.2) is 22.6 Å². The number of nitrogens with zero attached hydrogens (tertiary/aromatic N) is 3. The SMILES string of the molecule is Cc1ccc(S(=O)(=O)NCCCc2cnc3cc(C)nn3c2)c(C)c1. The minimum absolute atomic E-state index is 0.341. The third-order valence-corrected chi connectivity index (χ3v) is 5.66. The molecule has 0 aliphatic heterocycles. The molecule has 0 saturated heterocycles. The molecule has 0 radical (unpaired) electrons. The number of hydrogen-bond acceptors (Lipinski definition) is 4. The Hall–Kier alpha value is -2.25. The van der Waals surface area contributed by atoms with E-state index in [-0.39, 0.29) is 0 Å². The molecular formula is C18H22N4O2S. The van der Waals surface area contributed by atoms with Gasteiger partial charge in [0.15, 0.2) is 5.65 Å². The van der Waals surface area contributed by atoms with E-state index in [2.05, 4.69) is 14.8 Å². The van der Waals surface area contributed by atoms with Crippen molar-refractivity contribution in [2.75, 3.05) is 6.54 Å². The van der Waals surface area contributed by atoms with E-state index in [9.17, 15) is 8.42 Å². The zero-order valence-electron chi connectivity index (χ0n) is 14.7. The van der Waals surface area contributed by atoms with Gasteiger partial charge in [-0.1, -0.05) is 17.7 Å². The molecule has 0 amide bonds. The van der Waals surface area contributed by atoms with Gasteiger partial charge in [-0.3, -0.25) is 0 Å². The number of fused-ring (bicyclic) bond motifs is 1. The Balaban J connectivity index is 1.59. The number of sulfonamides is 1. The van der Waals surface area contributed by atoms with Crippen LogP contribution < -0.4 is 4.72 Å². The van der Waals surface area contributed by atoms with Crippen LogP contribution in [0, 0.1) is 20.8 Å². The van der Waals surface area contributed by atoms with Gasteiger partial charge in [-0.05, 0) is 50.8 Å². The summed E-state index contributed by atoms with van der Waals surface area (Å²) < 4.78 is 29.3. The van der Waals surface area contributed by atoms with Crippen LogP contribution in [0.5, 0.6) is 0 Å². The van der Waals surface area contributed by atoms with Gasteiger partial charge in [0, 0.05) is 25.0 Å². The molecule has 0 fully saturated rings. The van der Waals surface area contributed by atoms with E-state index >= 15 is 0 Å². The minimum atomic E-state index is -3.48. The summed E-state index contributed by atoms with van der Waals surface area (Å²) in [5.74, 6) is 0. The normalized spacial score (nSPS) is 12.0. The van der Waals surface area contributed by atoms with Crippen molar-refractivity contribution in [3.05, 3.63) is 59.0 Å². The highest BCUT2D eigenvalue weighted by atomic mass is 32.2. The monoisotopic (exact) mass is 358 g/mol. The summed E-state index contributed by atoms with van der Waals surface area (Å²) in [5.41, 5.74) is 4.58. The molecule has 25 heavy (non-hydrogen) atoms. The Labute approximate surface area is 148 Å². The van der Waals surface area contributed by atoms with Crippen molar-refractivity contribution in [2.24, 2.45) is 0 Å². The molecule has 7 heteroatoms. The minimum Gasteiger partial charge on any atom is -0.237 e. The Bertz CT molecular complexity index is 1010. The third kappa shape index (κ3) is 4.05. The van der Waals surface area contributed by atoms with Gasteiger partial charge in [-0.15, -0.1) is 0 Å². The van der Waals surface area contributed by atoms with E-state index < -0.39 is 10.0 Å². The van der Waals surface area contributed by atoms with Crippen LogP contribution in [0.2, 0.25) is 0 Å². The molecule has 0 aliphatic rings. The van der Waals surface area contributed by atoms with Crippen molar-refractivity contribution >= 4 is 15.7 Å². The molecule has 1 N–H and O–H groups in total. The molecule has 0 unspecified atom stereocenters. The first-order valence-corrected chi connectivity index (χ1v) is 9.71. The van der Waals surface area contributed by atoms with E-state index in [0.717, 1.165) is 34.5 Å². The average Bonchev–Trinajstić information content (AvgIpc) is 2.90. The summed E-state index contributed by atoms with van der Waals surface area (Å²) in [5, 5.41) is 4.34. The van der Waals surface area contributed by atoms with Crippen molar-refractivity contribution in [3.8, 4) is 0 Å². The number of aromatic nitrogens is 3. The maximum atomic E-state index is 12.4. The van der Waals surface area contributed by atoms with Crippen LogP contribution in [0.1, 0.15) is 28.8 Å². The Morgan fingerprint density at radius 3 is 2.72 bits per heavy atom. The Morgan fingerprint density at radius 1 is 1.16 bits per heavy atom. The molecule has 6 nitrogen and oxygen atoms in total. The quantitative estimate of drug-likeness (QED) is 0.687. The lowest BCUT2D eigenvalue weighted by Gasteiger charge is -2.10. The molecule has 132 valence electrons. The lowest BCUT2D eigenvalue weighted by molar-refractivity contribution is 0.578. The van der Waals surface area contributed by atoms with Crippen molar-refractivity contribution in [1.82, 2.24) is 19.3 Å². The summed E-state index contributed by atoms with van der Waals surface area (Å²) in [4.78, 5) is 4.70. The fraction of sp³-hybridized carbons (Fsp3) is 0.333. The van der Waals surface area contributed by atoms with Crippen LogP contribution in [0.15, 0.2) is 41.6 Å². The van der Waals surface area contributed by atoms with Crippen molar-refractivity contribution in [3.63, 3.8) is 0 Å². The van der Waals surface area contributed by atoms with Crippen LogP contribution in [-0.4, -0.2) is 29.6 Å². The number of benzene rings is 1. The van der Waals surface area contributed by atoms with Gasteiger partial charge in [0.25, 0.3) is 0 Å². The van der Waals surface area contributed by atoms with Crippen LogP contribution in [-0.2, 0) is 16.4 Å². The topological polar surface area (TPSA) is 76.4 Å². The molecule has 1 aromatic carbocycles. The molecule has 0 aliphatic carbocycles. The molecule has 2 aromatic heterocycles. The Kier molecular flexibility index (Phi) is 4.87. The summed E-state index contributed by atoms with van der Waals surface area (Å²) in [6, 6.07) is 7.27. The summed E-state index contributed by atoms with van der Waals surface area (Å²) in [6.07, 6.45) is 5.18. The van der Waals surface area contributed by atoms with Crippen LogP contribution in [0.4, 0.5) is 0 Å². The third-order valence-electron chi connectivity index (χ3n) is 4.04. The fourth-order valence-electron chi connectivity index (χ4n) is 2.84. The highest BCUT2D eigenvalue weighted by molar-refractivity contribution is 7.89. The molecule has 2 heterocycles. The second kappa shape index (κ2) is 6.93. The molecule has 0 spiro atoms. The number of aryl methyl sites for hydroxylation is 4. The second-order valence-electron chi connectivity index (χ2n) is 6.32. The van der Waals surface area contributed by atoms with Gasteiger partial charge >= 0.3 is 0 Å². The lowest BCUT2D eigenvalue weighted by Crippen LogP contribution is -2.25. The summed E-state index contributed by atoms with van der Waals surface area (Å²) in [6.45, 7) is 6.07. The molecule has 0 bridgehead atoms. The second-order valence-corrected chi connectivity index (χ2v) is 8.06. The first-order valence-electron chi connectivity index (χ1n) is 8.23. The van der Waals surface area contributed by atoms with Crippen molar-refractivity contribution in [1.29, 1.82) is 0 Å². The zero-order valence-corrected chi connectivity index (χ0v) is 15.5. The maximum Gasteiger partial charge on any atom is 0.240 e. The van der Waals surface area contributed by atoms with Crippen molar-refractivity contribution in [2.45, 2.75) is 38.5 Å². The fourth-order valence-corrected chi connectivity index (χ4v) is 4.14. The molecule has 3 rings (SSSR count).